The second kappa shape index (κ2) is 16.3. The Labute approximate surface area is 269 Å². The smallest absolute Gasteiger partial charge is 0.228 e. The van der Waals surface area contributed by atoms with Crippen LogP contribution in [-0.4, -0.2) is 86.1 Å². The minimum absolute atomic E-state index is 0.00691. The summed E-state index contributed by atoms with van der Waals surface area (Å²) in [4.78, 5) is 0. The fourth-order valence-electron chi connectivity index (χ4n) is 4.22. The number of rotatable bonds is 15. The van der Waals surface area contributed by atoms with Crippen molar-refractivity contribution in [1.29, 1.82) is 0 Å². The molecule has 3 heterocycles. The van der Waals surface area contributed by atoms with E-state index in [2.05, 4.69) is 38.1 Å². The molecule has 3 aliphatic heterocycles. The highest BCUT2D eigenvalue weighted by molar-refractivity contribution is 8.33. The van der Waals surface area contributed by atoms with Crippen LogP contribution in [0.3, 0.4) is 0 Å². The highest BCUT2D eigenvalue weighted by Crippen LogP contribution is 2.38. The molecule has 3 saturated heterocycles. The zero-order valence-electron chi connectivity index (χ0n) is 23.3. The van der Waals surface area contributed by atoms with Crippen molar-refractivity contribution < 1.29 is 28.8 Å². The largest absolute Gasteiger partial charge is 0.491 e. The van der Waals surface area contributed by atoms with Gasteiger partial charge in [-0.2, -0.15) is 0 Å². The van der Waals surface area contributed by atoms with E-state index in [-0.39, 0.29) is 31.0 Å². The van der Waals surface area contributed by atoms with E-state index in [1.54, 1.807) is 0 Å². The first-order chi connectivity index (χ1) is 20.0. The van der Waals surface area contributed by atoms with E-state index in [4.69, 9.17) is 23.7 Å². The highest BCUT2D eigenvalue weighted by atomic mass is 32.3. The maximum Gasteiger partial charge on any atom is 0.228 e. The number of hydrogen-bond acceptors (Lipinski definition) is 12. The molecule has 0 aliphatic carbocycles. The first-order valence-corrected chi connectivity index (χ1v) is 20.1. The summed E-state index contributed by atoms with van der Waals surface area (Å²) in [6, 6.07) is 16.4. The van der Waals surface area contributed by atoms with Gasteiger partial charge in [0.25, 0.3) is 0 Å². The lowest BCUT2D eigenvalue weighted by atomic mass is 9.78. The van der Waals surface area contributed by atoms with Gasteiger partial charge >= 0.3 is 0 Å². The average Bonchev–Trinajstić information content (AvgIpc) is 3.85. The summed E-state index contributed by atoms with van der Waals surface area (Å²) in [5, 5.41) is 14.8. The molecule has 2 aromatic carbocycles. The zero-order valence-corrected chi connectivity index (χ0v) is 28.2. The fourth-order valence-corrected chi connectivity index (χ4v) is 13.5. The molecule has 2 aromatic rings. The van der Waals surface area contributed by atoms with Gasteiger partial charge in [0.1, 0.15) is 30.3 Å². The van der Waals surface area contributed by atoms with Crippen molar-refractivity contribution in [3.05, 3.63) is 59.7 Å². The molecule has 12 heteroatoms. The number of aliphatic hydroxyl groups is 1. The van der Waals surface area contributed by atoms with Crippen LogP contribution >= 0.6 is 70.6 Å². The predicted molar refractivity (Wildman–Crippen MR) is 180 cm³/mol. The van der Waals surface area contributed by atoms with Gasteiger partial charge in [-0.15, -0.1) is 70.6 Å². The Hall–Kier alpha value is -0.0200. The van der Waals surface area contributed by atoms with Crippen LogP contribution in [0.5, 0.6) is 11.5 Å². The monoisotopic (exact) mass is 674 g/mol. The quantitative estimate of drug-likeness (QED) is 0.160. The normalized spacial score (nSPS) is 21.8. The Kier molecular flexibility index (Phi) is 12.9. The van der Waals surface area contributed by atoms with Gasteiger partial charge in [0.15, 0.2) is 0 Å². The Morgan fingerprint density at radius 3 is 1.90 bits per heavy atom. The molecule has 0 radical (unpaired) electrons. The summed E-state index contributed by atoms with van der Waals surface area (Å²) in [5.74, 6) is 1.52. The molecule has 0 aromatic heterocycles. The molecule has 6 nitrogen and oxygen atoms in total. The summed E-state index contributed by atoms with van der Waals surface area (Å²) in [6.45, 7) is 6.92. The molecule has 0 spiro atoms. The van der Waals surface area contributed by atoms with Gasteiger partial charge in [0, 0.05) is 25.8 Å². The maximum atomic E-state index is 10.3. The van der Waals surface area contributed by atoms with Crippen molar-refractivity contribution in [3.8, 4) is 11.5 Å². The number of benzene rings is 2. The first kappa shape index (κ1) is 32.4. The molecule has 3 fully saturated rings. The molecule has 3 aliphatic rings. The van der Waals surface area contributed by atoms with Crippen molar-refractivity contribution in [2.75, 3.05) is 53.4 Å². The van der Waals surface area contributed by atoms with E-state index >= 15 is 0 Å². The summed E-state index contributed by atoms with van der Waals surface area (Å²) in [5.41, 5.74) is 2.16. The molecule has 1 N–H and O–H groups in total. The summed E-state index contributed by atoms with van der Waals surface area (Å²) in [6.07, 6.45) is -1.02. The fraction of sp³-hybridized carbons (Fsp3) is 0.586. The van der Waals surface area contributed by atoms with Crippen molar-refractivity contribution >= 4 is 70.6 Å². The molecule has 41 heavy (non-hydrogen) atoms. The summed E-state index contributed by atoms with van der Waals surface area (Å²) >= 11 is 11.6. The molecule has 226 valence electrons. The Morgan fingerprint density at radius 1 is 0.805 bits per heavy atom. The van der Waals surface area contributed by atoms with Crippen molar-refractivity contribution in [2.24, 2.45) is 0 Å². The zero-order chi connectivity index (χ0) is 28.5. The van der Waals surface area contributed by atoms with E-state index in [9.17, 15) is 5.11 Å². The van der Waals surface area contributed by atoms with Crippen molar-refractivity contribution in [2.45, 2.75) is 46.9 Å². The van der Waals surface area contributed by atoms with Gasteiger partial charge in [0.05, 0.1) is 35.6 Å². The molecular weight excluding hydrogens is 637 g/mol. The van der Waals surface area contributed by atoms with Crippen LogP contribution in [-0.2, 0) is 19.6 Å². The maximum absolute atomic E-state index is 10.3. The van der Waals surface area contributed by atoms with Gasteiger partial charge in [-0.05, 0) is 35.4 Å². The van der Waals surface area contributed by atoms with Crippen LogP contribution in [0.25, 0.3) is 0 Å². The minimum Gasteiger partial charge on any atom is -0.491 e. The van der Waals surface area contributed by atoms with Gasteiger partial charge in [-0.3, -0.25) is 0 Å². The third-order valence-corrected chi connectivity index (χ3v) is 15.3. The van der Waals surface area contributed by atoms with E-state index < -0.39 is 6.10 Å². The molecule has 0 bridgehead atoms. The van der Waals surface area contributed by atoms with Crippen molar-refractivity contribution in [3.63, 3.8) is 0 Å². The van der Waals surface area contributed by atoms with E-state index in [1.165, 1.54) is 11.1 Å². The van der Waals surface area contributed by atoms with Gasteiger partial charge in [-0.1, -0.05) is 38.1 Å². The number of ether oxygens (including phenoxy) is 5. The molecular formula is C29H38O6S6. The molecule has 3 atom stereocenters. The third-order valence-electron chi connectivity index (χ3n) is 6.82. The minimum atomic E-state index is -0.652. The number of aliphatic hydroxyl groups excluding tert-OH is 1. The third kappa shape index (κ3) is 10.3. The van der Waals surface area contributed by atoms with E-state index in [0.29, 0.717) is 29.0 Å². The molecule has 5 rings (SSSR count). The Balaban J connectivity index is 1.08. The average molecular weight is 675 g/mol. The second-order valence-corrected chi connectivity index (χ2v) is 19.1. The standard InChI is InChI=1S/C29H38O6S6/c1-29(2,20-3-7-23(8-4-20)32-12-22(30)11-31-14-26-38-16-36-17-39-26)21-5-9-24(10-6-21)35-28(25-13-33-25)34-15-27-40-18-37-19-41-27/h3-10,22,25-28,30H,11-19H2,1-2H3. The van der Waals surface area contributed by atoms with E-state index in [1.807, 2.05) is 94.8 Å². The lowest BCUT2D eigenvalue weighted by molar-refractivity contribution is -0.0901. The molecule has 0 saturated carbocycles. The lowest BCUT2D eigenvalue weighted by Gasteiger charge is -2.27. The summed E-state index contributed by atoms with van der Waals surface area (Å²) in [7, 11) is 0. The van der Waals surface area contributed by atoms with Crippen molar-refractivity contribution in [1.82, 2.24) is 0 Å². The van der Waals surface area contributed by atoms with E-state index in [0.717, 1.165) is 31.8 Å². The molecule has 0 amide bonds. The first-order valence-electron chi connectivity index (χ1n) is 13.6. The molecule has 3 unspecified atom stereocenters. The van der Waals surface area contributed by atoms with Gasteiger partial charge in [0.2, 0.25) is 6.29 Å². The van der Waals surface area contributed by atoms with Crippen LogP contribution in [0.15, 0.2) is 48.5 Å². The number of hydrogen-bond donors (Lipinski definition) is 1. The SMILES string of the molecule is CC(C)(c1ccc(OCC(O)COCC2SCSCS2)cc1)c1ccc(OC(OCC2SCSCS2)C2CO2)cc1. The highest BCUT2D eigenvalue weighted by Gasteiger charge is 2.36. The number of epoxide rings is 1. The topological polar surface area (TPSA) is 69.7 Å². The van der Waals surface area contributed by atoms with Gasteiger partial charge in [-0.25, -0.2) is 0 Å². The van der Waals surface area contributed by atoms with Crippen LogP contribution in [0.2, 0.25) is 0 Å². The Morgan fingerprint density at radius 2 is 1.34 bits per heavy atom. The van der Waals surface area contributed by atoms with Gasteiger partial charge < -0.3 is 28.8 Å². The van der Waals surface area contributed by atoms with Crippen LogP contribution in [0.4, 0.5) is 0 Å². The van der Waals surface area contributed by atoms with Crippen LogP contribution in [0.1, 0.15) is 25.0 Å². The van der Waals surface area contributed by atoms with Crippen LogP contribution < -0.4 is 9.47 Å². The number of thioether (sulfide) groups is 6. The van der Waals surface area contributed by atoms with Crippen LogP contribution in [0, 0.1) is 0 Å². The lowest BCUT2D eigenvalue weighted by Crippen LogP contribution is -2.30. The Bertz CT molecular complexity index is 1040. The predicted octanol–water partition coefficient (Wildman–Crippen LogP) is 6.80. The second-order valence-electron chi connectivity index (χ2n) is 10.3. The summed E-state index contributed by atoms with van der Waals surface area (Å²) < 4.78 is 30.3.